The molecule has 1 rings (SSSR count). The minimum atomic E-state index is -0.377. The molecule has 4 heteroatoms. The van der Waals surface area contributed by atoms with Gasteiger partial charge in [0.15, 0.2) is 0 Å². The second-order valence-electron chi connectivity index (χ2n) is 5.54. The second kappa shape index (κ2) is 7.31. The number of ether oxygens (including phenoxy) is 1. The summed E-state index contributed by atoms with van der Waals surface area (Å²) in [6.07, 6.45) is 4.92. The molecule has 0 bridgehead atoms. The van der Waals surface area contributed by atoms with Gasteiger partial charge < -0.3 is 20.1 Å². The van der Waals surface area contributed by atoms with Crippen LogP contribution in [-0.2, 0) is 4.74 Å². The highest BCUT2D eigenvalue weighted by molar-refractivity contribution is 4.88. The maximum absolute atomic E-state index is 9.73. The van der Waals surface area contributed by atoms with Gasteiger partial charge in [-0.05, 0) is 32.4 Å². The van der Waals surface area contributed by atoms with Gasteiger partial charge in [0.1, 0.15) is 0 Å². The van der Waals surface area contributed by atoms with E-state index in [2.05, 4.69) is 17.3 Å². The van der Waals surface area contributed by atoms with Crippen LogP contribution in [0.15, 0.2) is 0 Å². The molecule has 0 heterocycles. The summed E-state index contributed by atoms with van der Waals surface area (Å²) in [6, 6.07) is 0. The maximum atomic E-state index is 9.73. The fourth-order valence-electron chi connectivity index (χ4n) is 3.13. The first-order valence-electron chi connectivity index (χ1n) is 6.62. The summed E-state index contributed by atoms with van der Waals surface area (Å²) in [5.41, 5.74) is 0.413. The minimum Gasteiger partial charge on any atom is -0.389 e. The fourth-order valence-corrected chi connectivity index (χ4v) is 3.13. The molecule has 4 nitrogen and oxygen atoms in total. The van der Waals surface area contributed by atoms with Crippen LogP contribution in [0.4, 0.5) is 0 Å². The van der Waals surface area contributed by atoms with Crippen molar-refractivity contribution in [1.29, 1.82) is 0 Å². The lowest BCUT2D eigenvalue weighted by atomic mass is 9.85. The lowest BCUT2D eigenvalue weighted by molar-refractivity contribution is 0.0337. The Morgan fingerprint density at radius 1 is 1.41 bits per heavy atom. The molecule has 0 amide bonds. The smallest absolute Gasteiger partial charge is 0.0899 e. The molecule has 102 valence electrons. The van der Waals surface area contributed by atoms with Crippen molar-refractivity contribution >= 4 is 0 Å². The molecule has 0 saturated heterocycles. The van der Waals surface area contributed by atoms with E-state index in [1.165, 1.54) is 25.7 Å². The van der Waals surface area contributed by atoms with E-state index in [0.29, 0.717) is 18.6 Å². The Hall–Kier alpha value is -0.160. The first kappa shape index (κ1) is 14.9. The van der Waals surface area contributed by atoms with Crippen LogP contribution in [0.1, 0.15) is 25.7 Å². The van der Waals surface area contributed by atoms with E-state index in [1.54, 1.807) is 7.11 Å². The van der Waals surface area contributed by atoms with E-state index in [1.807, 2.05) is 7.05 Å². The standard InChI is InChI=1S/C13H28N2O2/c1-14-10-13(6-4-5-7-13)11-15(2)8-12(16)9-17-3/h12,14,16H,4-11H2,1-3H3. The van der Waals surface area contributed by atoms with Crippen LogP contribution in [0.3, 0.4) is 0 Å². The van der Waals surface area contributed by atoms with Gasteiger partial charge in [-0.3, -0.25) is 0 Å². The van der Waals surface area contributed by atoms with E-state index in [-0.39, 0.29) is 6.10 Å². The molecule has 1 saturated carbocycles. The molecular formula is C13H28N2O2. The Morgan fingerprint density at radius 2 is 2.06 bits per heavy atom. The highest BCUT2D eigenvalue weighted by atomic mass is 16.5. The van der Waals surface area contributed by atoms with Crippen molar-refractivity contribution in [1.82, 2.24) is 10.2 Å². The number of nitrogens with zero attached hydrogens (tertiary/aromatic N) is 1. The molecule has 0 aromatic rings. The number of rotatable bonds is 8. The fraction of sp³-hybridized carbons (Fsp3) is 1.00. The third-order valence-electron chi connectivity index (χ3n) is 3.70. The number of methoxy groups -OCH3 is 1. The molecule has 1 aliphatic carbocycles. The average Bonchev–Trinajstić information content (AvgIpc) is 2.66. The summed E-state index contributed by atoms with van der Waals surface area (Å²) in [5.74, 6) is 0. The third-order valence-corrected chi connectivity index (χ3v) is 3.70. The number of aliphatic hydroxyl groups is 1. The van der Waals surface area contributed by atoms with E-state index < -0.39 is 0 Å². The van der Waals surface area contributed by atoms with Crippen molar-refractivity contribution in [3.63, 3.8) is 0 Å². The molecule has 0 aliphatic heterocycles. The van der Waals surface area contributed by atoms with E-state index in [4.69, 9.17) is 4.74 Å². The van der Waals surface area contributed by atoms with Crippen LogP contribution in [0.5, 0.6) is 0 Å². The Morgan fingerprint density at radius 3 is 2.59 bits per heavy atom. The lowest BCUT2D eigenvalue weighted by Crippen LogP contribution is -2.43. The zero-order valence-corrected chi connectivity index (χ0v) is 11.5. The monoisotopic (exact) mass is 244 g/mol. The van der Waals surface area contributed by atoms with E-state index in [0.717, 1.165) is 13.1 Å². The van der Waals surface area contributed by atoms with Gasteiger partial charge >= 0.3 is 0 Å². The Bertz CT molecular complexity index is 206. The van der Waals surface area contributed by atoms with Gasteiger partial charge in [-0.1, -0.05) is 12.8 Å². The zero-order valence-electron chi connectivity index (χ0n) is 11.5. The highest BCUT2D eigenvalue weighted by Gasteiger charge is 2.34. The first-order chi connectivity index (χ1) is 8.12. The molecule has 0 aromatic heterocycles. The maximum Gasteiger partial charge on any atom is 0.0899 e. The molecule has 0 aromatic carbocycles. The van der Waals surface area contributed by atoms with Gasteiger partial charge in [-0.25, -0.2) is 0 Å². The Kier molecular flexibility index (Phi) is 6.41. The summed E-state index contributed by atoms with van der Waals surface area (Å²) in [6.45, 7) is 3.26. The largest absolute Gasteiger partial charge is 0.389 e. The third kappa shape index (κ3) is 4.92. The molecule has 17 heavy (non-hydrogen) atoms. The van der Waals surface area contributed by atoms with Crippen LogP contribution in [0.2, 0.25) is 0 Å². The Labute approximate surface area is 105 Å². The zero-order chi connectivity index (χ0) is 12.7. The van der Waals surface area contributed by atoms with Crippen molar-refractivity contribution in [3.8, 4) is 0 Å². The van der Waals surface area contributed by atoms with Crippen LogP contribution in [0, 0.1) is 5.41 Å². The summed E-state index contributed by atoms with van der Waals surface area (Å²) in [4.78, 5) is 2.24. The highest BCUT2D eigenvalue weighted by Crippen LogP contribution is 2.38. The van der Waals surface area contributed by atoms with Crippen molar-refractivity contribution in [2.75, 3.05) is 47.4 Å². The number of hydrogen-bond donors (Lipinski definition) is 2. The molecule has 2 N–H and O–H groups in total. The van der Waals surface area contributed by atoms with Crippen molar-refractivity contribution in [2.45, 2.75) is 31.8 Å². The van der Waals surface area contributed by atoms with Crippen LogP contribution in [0.25, 0.3) is 0 Å². The van der Waals surface area contributed by atoms with Gasteiger partial charge in [0.2, 0.25) is 0 Å². The van der Waals surface area contributed by atoms with Crippen LogP contribution in [-0.4, -0.2) is 63.6 Å². The van der Waals surface area contributed by atoms with Gasteiger partial charge in [-0.15, -0.1) is 0 Å². The second-order valence-corrected chi connectivity index (χ2v) is 5.54. The summed E-state index contributed by atoms with van der Waals surface area (Å²) >= 11 is 0. The molecule has 1 atom stereocenters. The first-order valence-corrected chi connectivity index (χ1v) is 6.62. The normalized spacial score (nSPS) is 21.0. The van der Waals surface area contributed by atoms with Crippen LogP contribution >= 0.6 is 0 Å². The van der Waals surface area contributed by atoms with Crippen molar-refractivity contribution < 1.29 is 9.84 Å². The predicted molar refractivity (Wildman–Crippen MR) is 70.2 cm³/mol. The SMILES string of the molecule is CNCC1(CN(C)CC(O)COC)CCCC1. The summed E-state index contributed by atoms with van der Waals surface area (Å²) < 4.78 is 4.96. The number of nitrogens with one attached hydrogen (secondary N) is 1. The number of likely N-dealkylation sites (N-methyl/N-ethyl adjacent to an activating group) is 1. The molecule has 0 radical (unpaired) electrons. The number of aliphatic hydroxyl groups excluding tert-OH is 1. The predicted octanol–water partition coefficient (Wildman–Crippen LogP) is 0.705. The van der Waals surface area contributed by atoms with Crippen molar-refractivity contribution in [2.24, 2.45) is 5.41 Å². The molecule has 1 fully saturated rings. The van der Waals surface area contributed by atoms with Crippen LogP contribution < -0.4 is 5.32 Å². The number of hydrogen-bond acceptors (Lipinski definition) is 4. The summed E-state index contributed by atoms with van der Waals surface area (Å²) in [7, 11) is 5.75. The average molecular weight is 244 g/mol. The van der Waals surface area contributed by atoms with E-state index >= 15 is 0 Å². The van der Waals surface area contributed by atoms with Crippen molar-refractivity contribution in [3.05, 3.63) is 0 Å². The molecular weight excluding hydrogens is 216 g/mol. The molecule has 0 spiro atoms. The topological polar surface area (TPSA) is 44.7 Å². The quantitative estimate of drug-likeness (QED) is 0.660. The molecule has 1 unspecified atom stereocenters. The minimum absolute atomic E-state index is 0.377. The van der Waals surface area contributed by atoms with Gasteiger partial charge in [0.05, 0.1) is 12.7 Å². The Balaban J connectivity index is 2.38. The van der Waals surface area contributed by atoms with Gasteiger partial charge in [0, 0.05) is 26.7 Å². The van der Waals surface area contributed by atoms with Gasteiger partial charge in [-0.2, -0.15) is 0 Å². The molecule has 1 aliphatic rings. The van der Waals surface area contributed by atoms with Gasteiger partial charge in [0.25, 0.3) is 0 Å². The summed E-state index contributed by atoms with van der Waals surface area (Å²) in [5, 5.41) is 13.0. The lowest BCUT2D eigenvalue weighted by Gasteiger charge is -2.34. The van der Waals surface area contributed by atoms with E-state index in [9.17, 15) is 5.11 Å².